The van der Waals surface area contributed by atoms with Gasteiger partial charge in [-0.05, 0) is 54.9 Å². The van der Waals surface area contributed by atoms with Crippen LogP contribution >= 0.6 is 0 Å². The molecule has 176 valence electrons. The first kappa shape index (κ1) is 22.0. The molecule has 1 aromatic carbocycles. The highest BCUT2D eigenvalue weighted by molar-refractivity contribution is 6.03. The summed E-state index contributed by atoms with van der Waals surface area (Å²) in [6.07, 6.45) is 1.99. The van der Waals surface area contributed by atoms with Gasteiger partial charge in [0.25, 0.3) is 0 Å². The van der Waals surface area contributed by atoms with Crippen molar-refractivity contribution in [2.75, 3.05) is 29.1 Å². The molecule has 1 aromatic heterocycles. The number of benzene rings is 1. The first-order valence-electron chi connectivity index (χ1n) is 11.6. The highest BCUT2D eigenvalue weighted by Crippen LogP contribution is 2.36. The lowest BCUT2D eigenvalue weighted by atomic mass is 9.80. The van der Waals surface area contributed by atoms with Crippen molar-refractivity contribution in [1.82, 2.24) is 14.9 Å². The maximum Gasteiger partial charge on any atom is 0.247 e. The van der Waals surface area contributed by atoms with Crippen LogP contribution < -0.4 is 15.5 Å². The molecule has 2 aliphatic heterocycles. The normalized spacial score (nSPS) is 24.4. The van der Waals surface area contributed by atoms with Crippen molar-refractivity contribution in [2.45, 2.75) is 58.8 Å². The van der Waals surface area contributed by atoms with Crippen LogP contribution in [-0.4, -0.2) is 46.5 Å². The Bertz CT molecular complexity index is 1070. The van der Waals surface area contributed by atoms with E-state index in [2.05, 4.69) is 20.5 Å². The van der Waals surface area contributed by atoms with Crippen LogP contribution in [0.2, 0.25) is 0 Å². The number of hydrogen-bond acceptors (Lipinski definition) is 6. The minimum Gasteiger partial charge on any atom is -0.351 e. The Hall–Kier alpha value is -2.81. The number of hydrogen-bond donors (Lipinski definition) is 2. The van der Waals surface area contributed by atoms with Gasteiger partial charge < -0.3 is 15.5 Å². The SMILES string of the molecule is Cc1nc(N[C@H]2C[C@@H](CN3Cc4cc(F)c(F)cc4C3)C2)nc2c1NC(=O)C(C(C)C)N2C. The first-order valence-corrected chi connectivity index (χ1v) is 11.6. The van der Waals surface area contributed by atoms with Gasteiger partial charge in [-0.15, -0.1) is 0 Å². The van der Waals surface area contributed by atoms with E-state index in [4.69, 9.17) is 4.98 Å². The zero-order chi connectivity index (χ0) is 23.4. The molecule has 3 heterocycles. The van der Waals surface area contributed by atoms with Crippen LogP contribution in [0.5, 0.6) is 0 Å². The second kappa shape index (κ2) is 8.20. The van der Waals surface area contributed by atoms with Crippen molar-refractivity contribution in [2.24, 2.45) is 11.8 Å². The molecule has 1 unspecified atom stereocenters. The van der Waals surface area contributed by atoms with Crippen LogP contribution in [0.1, 0.15) is 43.5 Å². The van der Waals surface area contributed by atoms with Crippen molar-refractivity contribution < 1.29 is 13.6 Å². The van der Waals surface area contributed by atoms with Crippen molar-refractivity contribution in [1.29, 1.82) is 0 Å². The number of fused-ring (bicyclic) bond motifs is 2. The molecule has 3 aliphatic rings. The van der Waals surface area contributed by atoms with Crippen LogP contribution in [0.25, 0.3) is 0 Å². The smallest absolute Gasteiger partial charge is 0.247 e. The molecule has 0 spiro atoms. The molecule has 5 rings (SSSR count). The highest BCUT2D eigenvalue weighted by Gasteiger charge is 2.36. The number of rotatable bonds is 5. The summed E-state index contributed by atoms with van der Waals surface area (Å²) in [6, 6.07) is 2.68. The Kier molecular flexibility index (Phi) is 5.47. The van der Waals surface area contributed by atoms with Gasteiger partial charge in [-0.25, -0.2) is 13.8 Å². The molecular weight excluding hydrogens is 426 g/mol. The lowest BCUT2D eigenvalue weighted by Gasteiger charge is -2.39. The van der Waals surface area contributed by atoms with Gasteiger partial charge in [-0.1, -0.05) is 13.8 Å². The molecule has 2 aromatic rings. The van der Waals surface area contributed by atoms with Gasteiger partial charge in [0, 0.05) is 32.7 Å². The standard InChI is InChI=1S/C24H30F2N6O/c1-12(2)21-23(33)29-20-13(3)27-24(30-22(20)31(21)4)28-17-5-14(6-17)9-32-10-15-7-18(25)19(26)8-16(15)11-32/h7-8,12,14,17,21H,5-6,9-11H2,1-4H3,(H,29,33)(H,27,28,30)/t14-,17+,21?. The number of amides is 1. The van der Waals surface area contributed by atoms with Crippen molar-refractivity contribution in [3.8, 4) is 0 Å². The van der Waals surface area contributed by atoms with Crippen LogP contribution in [0, 0.1) is 30.4 Å². The Balaban J connectivity index is 1.19. The first-order chi connectivity index (χ1) is 15.7. The number of halogens is 2. The average Bonchev–Trinajstić information content (AvgIpc) is 3.08. The molecule has 1 amide bonds. The van der Waals surface area contributed by atoms with Crippen molar-refractivity contribution in [3.05, 3.63) is 40.6 Å². The van der Waals surface area contributed by atoms with Gasteiger partial charge in [0.1, 0.15) is 11.7 Å². The number of aromatic nitrogens is 2. The van der Waals surface area contributed by atoms with E-state index in [1.54, 1.807) is 0 Å². The van der Waals surface area contributed by atoms with Gasteiger partial charge in [0.2, 0.25) is 11.9 Å². The number of likely N-dealkylation sites (N-methyl/N-ethyl adjacent to an activating group) is 1. The zero-order valence-corrected chi connectivity index (χ0v) is 19.5. The number of anilines is 3. The van der Waals surface area contributed by atoms with Crippen molar-refractivity contribution in [3.63, 3.8) is 0 Å². The summed E-state index contributed by atoms with van der Waals surface area (Å²) in [5.74, 6) is 0.448. The van der Waals surface area contributed by atoms with Gasteiger partial charge in [-0.2, -0.15) is 4.98 Å². The topological polar surface area (TPSA) is 73.4 Å². The Morgan fingerprint density at radius 1 is 1.15 bits per heavy atom. The number of nitrogens with zero attached hydrogens (tertiary/aromatic N) is 4. The van der Waals surface area contributed by atoms with E-state index < -0.39 is 11.6 Å². The maximum absolute atomic E-state index is 13.5. The van der Waals surface area contributed by atoms with Gasteiger partial charge in [0.05, 0.1) is 5.69 Å². The summed E-state index contributed by atoms with van der Waals surface area (Å²) in [4.78, 5) is 26.0. The Labute approximate surface area is 192 Å². The molecule has 0 radical (unpaired) electrons. The summed E-state index contributed by atoms with van der Waals surface area (Å²) < 4.78 is 27.0. The third kappa shape index (κ3) is 4.03. The lowest BCUT2D eigenvalue weighted by Crippen LogP contribution is -2.50. The van der Waals surface area contributed by atoms with Crippen LogP contribution in [0.3, 0.4) is 0 Å². The highest BCUT2D eigenvalue weighted by atomic mass is 19.2. The minimum atomic E-state index is -0.770. The number of nitrogens with one attached hydrogen (secondary N) is 2. The van der Waals surface area contributed by atoms with Crippen LogP contribution in [0.15, 0.2) is 12.1 Å². The molecule has 0 saturated heterocycles. The van der Waals surface area contributed by atoms with E-state index >= 15 is 0 Å². The maximum atomic E-state index is 13.5. The molecule has 1 fully saturated rings. The largest absolute Gasteiger partial charge is 0.351 e. The number of carbonyl (C=O) groups excluding carboxylic acids is 1. The molecule has 1 saturated carbocycles. The van der Waals surface area contributed by atoms with E-state index in [1.165, 1.54) is 12.1 Å². The van der Waals surface area contributed by atoms with Gasteiger partial charge in [-0.3, -0.25) is 9.69 Å². The third-order valence-electron chi connectivity index (χ3n) is 7.09. The Morgan fingerprint density at radius 3 is 2.39 bits per heavy atom. The van der Waals surface area contributed by atoms with E-state index in [-0.39, 0.29) is 23.9 Å². The summed E-state index contributed by atoms with van der Waals surface area (Å²) in [5, 5.41) is 6.43. The molecule has 7 nitrogen and oxygen atoms in total. The second-order valence-electron chi connectivity index (χ2n) is 10.0. The summed E-state index contributed by atoms with van der Waals surface area (Å²) in [5.41, 5.74) is 3.20. The van der Waals surface area contributed by atoms with Gasteiger partial charge in [0.15, 0.2) is 17.5 Å². The quantitative estimate of drug-likeness (QED) is 0.715. The fourth-order valence-corrected chi connectivity index (χ4v) is 5.42. The molecule has 9 heteroatoms. The average molecular weight is 457 g/mol. The predicted octanol–water partition coefficient (Wildman–Crippen LogP) is 3.68. The molecule has 0 bridgehead atoms. The molecular formula is C24H30F2N6O. The van der Waals surface area contributed by atoms with E-state index in [0.29, 0.717) is 30.6 Å². The lowest BCUT2D eigenvalue weighted by molar-refractivity contribution is -0.118. The fourth-order valence-electron chi connectivity index (χ4n) is 5.42. The molecule has 2 N–H and O–H groups in total. The minimum absolute atomic E-state index is 0.0243. The van der Waals surface area contributed by atoms with E-state index in [1.807, 2.05) is 32.7 Å². The fraction of sp³-hybridized carbons (Fsp3) is 0.542. The van der Waals surface area contributed by atoms with E-state index in [0.717, 1.165) is 42.0 Å². The van der Waals surface area contributed by atoms with Gasteiger partial charge >= 0.3 is 0 Å². The van der Waals surface area contributed by atoms with E-state index in [9.17, 15) is 13.6 Å². The monoisotopic (exact) mass is 456 g/mol. The van der Waals surface area contributed by atoms with Crippen molar-refractivity contribution >= 4 is 23.4 Å². The predicted molar refractivity (Wildman–Crippen MR) is 123 cm³/mol. The van der Waals surface area contributed by atoms with Crippen LogP contribution in [0.4, 0.5) is 26.2 Å². The molecule has 1 aliphatic carbocycles. The summed E-state index contributed by atoms with van der Waals surface area (Å²) in [7, 11) is 1.91. The molecule has 1 atom stereocenters. The second-order valence-corrected chi connectivity index (χ2v) is 10.0. The third-order valence-corrected chi connectivity index (χ3v) is 7.09. The number of aryl methyl sites for hydroxylation is 1. The van der Waals surface area contributed by atoms with Crippen LogP contribution in [-0.2, 0) is 17.9 Å². The molecule has 33 heavy (non-hydrogen) atoms. The zero-order valence-electron chi connectivity index (χ0n) is 19.5. The summed E-state index contributed by atoms with van der Waals surface area (Å²) in [6.45, 7) is 8.19. The number of carbonyl (C=O) groups is 1. The Morgan fingerprint density at radius 2 is 1.79 bits per heavy atom. The summed E-state index contributed by atoms with van der Waals surface area (Å²) >= 11 is 0.